The Morgan fingerprint density at radius 2 is 1.89 bits per heavy atom. The van der Waals surface area contributed by atoms with Crippen molar-refractivity contribution >= 4 is 50.9 Å². The Morgan fingerprint density at radius 3 is 2.55 bits per heavy atom. The first kappa shape index (κ1) is 35.5. The van der Waals surface area contributed by atoms with Gasteiger partial charge in [-0.2, -0.15) is 13.2 Å². The number of pyridine rings is 1. The predicted molar refractivity (Wildman–Crippen MR) is 163 cm³/mol. The normalized spacial score (nSPS) is 15.0. The van der Waals surface area contributed by atoms with E-state index >= 15 is 0 Å². The van der Waals surface area contributed by atoms with Crippen molar-refractivity contribution in [3.05, 3.63) is 76.2 Å². The number of aromatic nitrogens is 1. The first-order valence-electron chi connectivity index (χ1n) is 14.0. The van der Waals surface area contributed by atoms with Crippen LogP contribution in [0.1, 0.15) is 43.4 Å². The monoisotopic (exact) mass is 700 g/mol. The highest BCUT2D eigenvalue weighted by Gasteiger charge is 2.40. The second-order valence-corrected chi connectivity index (χ2v) is 12.5. The fourth-order valence-corrected chi connectivity index (χ4v) is 6.62. The molecule has 0 N–H and O–H groups in total. The van der Waals surface area contributed by atoms with E-state index in [1.807, 2.05) is 0 Å². The number of rotatable bonds is 11. The molecule has 1 atom stereocenters. The van der Waals surface area contributed by atoms with Crippen LogP contribution in [0, 0.1) is 5.82 Å². The Bertz CT molecular complexity index is 1780. The van der Waals surface area contributed by atoms with E-state index in [0.717, 1.165) is 11.2 Å². The molecule has 0 aliphatic carbocycles. The number of benzene rings is 2. The number of hydrogen-bond donors (Lipinski definition) is 0. The standard InChI is InChI=1S/C31H29ClF4N2O8S/c1-18(29-23(32)5-4-6-24(29)33)13-20-7-9-26-25(14-20)38(17-22(46-26)8-10-28(40)43-3)47(41,42)27-15-21(31(34,35)36)16-37-30(27)45-12-11-44-19(2)39/h4-7,9,13-16,22H,8,10-12,17H2,1-3H3/t22-/m0/s1. The largest absolute Gasteiger partial charge is 0.486 e. The van der Waals surface area contributed by atoms with Crippen LogP contribution in [0.3, 0.4) is 0 Å². The second-order valence-electron chi connectivity index (χ2n) is 10.3. The maximum atomic E-state index is 14.6. The highest BCUT2D eigenvalue weighted by atomic mass is 35.5. The third kappa shape index (κ3) is 8.51. The van der Waals surface area contributed by atoms with E-state index in [1.54, 1.807) is 19.1 Å². The summed E-state index contributed by atoms with van der Waals surface area (Å²) in [5.41, 5.74) is -0.490. The van der Waals surface area contributed by atoms with Gasteiger partial charge in [0.15, 0.2) is 4.90 Å². The van der Waals surface area contributed by atoms with Gasteiger partial charge in [0.05, 0.1) is 29.9 Å². The van der Waals surface area contributed by atoms with Gasteiger partial charge >= 0.3 is 18.1 Å². The number of halogens is 5. The number of ether oxygens (including phenoxy) is 4. The van der Waals surface area contributed by atoms with Crippen molar-refractivity contribution in [3.8, 4) is 11.6 Å². The van der Waals surface area contributed by atoms with Gasteiger partial charge < -0.3 is 18.9 Å². The summed E-state index contributed by atoms with van der Waals surface area (Å²) in [6, 6.07) is 9.01. The van der Waals surface area contributed by atoms with Gasteiger partial charge in [-0.15, -0.1) is 0 Å². The molecule has 0 spiro atoms. The quantitative estimate of drug-likeness (QED) is 0.0981. The number of alkyl halides is 3. The van der Waals surface area contributed by atoms with Crippen LogP contribution in [0.25, 0.3) is 11.6 Å². The van der Waals surface area contributed by atoms with E-state index in [2.05, 4.69) is 9.72 Å². The minimum Gasteiger partial charge on any atom is -0.486 e. The molecule has 1 aliphatic rings. The maximum absolute atomic E-state index is 14.6. The third-order valence-corrected chi connectivity index (χ3v) is 8.98. The van der Waals surface area contributed by atoms with Crippen molar-refractivity contribution in [1.29, 1.82) is 0 Å². The summed E-state index contributed by atoms with van der Waals surface area (Å²) in [5, 5.41) is 0.149. The first-order chi connectivity index (χ1) is 22.1. The Morgan fingerprint density at radius 1 is 1.15 bits per heavy atom. The number of anilines is 1. The van der Waals surface area contributed by atoms with Crippen molar-refractivity contribution in [2.75, 3.05) is 31.2 Å². The molecular formula is C31H29ClF4N2O8S. The summed E-state index contributed by atoms with van der Waals surface area (Å²) < 4.78 is 106. The lowest BCUT2D eigenvalue weighted by Gasteiger charge is -2.36. The molecule has 3 aromatic rings. The fraction of sp³-hybridized carbons (Fsp3) is 0.323. The number of nitrogens with zero attached hydrogens (tertiary/aromatic N) is 2. The van der Waals surface area contributed by atoms with Gasteiger partial charge in [0.1, 0.15) is 30.9 Å². The predicted octanol–water partition coefficient (Wildman–Crippen LogP) is 6.30. The molecule has 10 nitrogen and oxygen atoms in total. The lowest BCUT2D eigenvalue weighted by molar-refractivity contribution is -0.142. The molecule has 0 amide bonds. The first-order valence-corrected chi connectivity index (χ1v) is 15.8. The van der Waals surface area contributed by atoms with Gasteiger partial charge in [-0.3, -0.25) is 13.9 Å². The molecule has 0 unspecified atom stereocenters. The van der Waals surface area contributed by atoms with Crippen LogP contribution in [-0.4, -0.2) is 58.3 Å². The highest BCUT2D eigenvalue weighted by molar-refractivity contribution is 7.93. The summed E-state index contributed by atoms with van der Waals surface area (Å²) in [6.07, 6.45) is -4.02. The Balaban J connectivity index is 1.82. The van der Waals surface area contributed by atoms with Crippen LogP contribution in [0.4, 0.5) is 23.2 Å². The van der Waals surface area contributed by atoms with Gasteiger partial charge in [0.2, 0.25) is 5.88 Å². The Hall–Kier alpha value is -4.37. The van der Waals surface area contributed by atoms with E-state index in [-0.39, 0.29) is 41.5 Å². The second kappa shape index (κ2) is 14.6. The van der Waals surface area contributed by atoms with Crippen molar-refractivity contribution in [1.82, 2.24) is 4.98 Å². The number of methoxy groups -OCH3 is 1. The summed E-state index contributed by atoms with van der Waals surface area (Å²) >= 11 is 6.21. The number of sulfonamides is 1. The summed E-state index contributed by atoms with van der Waals surface area (Å²) in [6.45, 7) is 1.59. The fourth-order valence-electron chi connectivity index (χ4n) is 4.70. The molecule has 0 bridgehead atoms. The van der Waals surface area contributed by atoms with E-state index < -0.39 is 69.5 Å². The highest BCUT2D eigenvalue weighted by Crippen LogP contribution is 2.42. The summed E-state index contributed by atoms with van der Waals surface area (Å²) in [4.78, 5) is 25.7. The number of allylic oxidation sites excluding steroid dienone is 1. The molecule has 47 heavy (non-hydrogen) atoms. The maximum Gasteiger partial charge on any atom is 0.417 e. The van der Waals surface area contributed by atoms with E-state index in [0.29, 0.717) is 23.4 Å². The van der Waals surface area contributed by atoms with Crippen LogP contribution in [-0.2, 0) is 35.3 Å². The van der Waals surface area contributed by atoms with Crippen LogP contribution in [0.15, 0.2) is 53.6 Å². The zero-order valence-corrected chi connectivity index (χ0v) is 26.8. The number of fused-ring (bicyclic) bond motifs is 1. The van der Waals surface area contributed by atoms with Gasteiger partial charge in [0.25, 0.3) is 10.0 Å². The minimum atomic E-state index is -4.96. The van der Waals surface area contributed by atoms with Crippen LogP contribution >= 0.6 is 11.6 Å². The molecule has 0 fully saturated rings. The van der Waals surface area contributed by atoms with Crippen molar-refractivity contribution in [2.24, 2.45) is 0 Å². The molecular weight excluding hydrogens is 672 g/mol. The molecule has 0 saturated carbocycles. The van der Waals surface area contributed by atoms with E-state index in [1.165, 1.54) is 37.4 Å². The number of carbonyl (C=O) groups is 2. The SMILES string of the molecule is COC(=O)CC[C@H]1CN(S(=O)(=O)c2cc(C(F)(F)F)cnc2OCCOC(C)=O)c2cc(C=C(C)c3c(F)cccc3Cl)ccc2O1. The molecule has 252 valence electrons. The van der Waals surface area contributed by atoms with Crippen molar-refractivity contribution in [3.63, 3.8) is 0 Å². The van der Waals surface area contributed by atoms with Crippen LogP contribution in [0.5, 0.6) is 11.6 Å². The van der Waals surface area contributed by atoms with Crippen molar-refractivity contribution in [2.45, 2.75) is 43.9 Å². The molecule has 2 heterocycles. The summed E-state index contributed by atoms with van der Waals surface area (Å²) in [7, 11) is -3.70. The topological polar surface area (TPSA) is 121 Å². The lowest BCUT2D eigenvalue weighted by atomic mass is 10.0. The zero-order valence-electron chi connectivity index (χ0n) is 25.3. The van der Waals surface area contributed by atoms with Gasteiger partial charge in [0, 0.05) is 25.1 Å². The van der Waals surface area contributed by atoms with E-state index in [4.69, 9.17) is 25.8 Å². The molecule has 2 aromatic carbocycles. The lowest BCUT2D eigenvalue weighted by Crippen LogP contribution is -2.44. The van der Waals surface area contributed by atoms with Gasteiger partial charge in [-0.05, 0) is 54.8 Å². The third-order valence-electron chi connectivity index (χ3n) is 6.89. The Labute approximate surface area is 272 Å². The molecule has 16 heteroatoms. The smallest absolute Gasteiger partial charge is 0.417 e. The average molecular weight is 701 g/mol. The molecule has 0 saturated heterocycles. The van der Waals surface area contributed by atoms with Gasteiger partial charge in [-0.25, -0.2) is 17.8 Å². The number of esters is 2. The van der Waals surface area contributed by atoms with E-state index in [9.17, 15) is 35.6 Å². The average Bonchev–Trinajstić information content (AvgIpc) is 3.00. The molecule has 1 aromatic heterocycles. The van der Waals surface area contributed by atoms with Crippen LogP contribution < -0.4 is 13.8 Å². The molecule has 4 rings (SSSR count). The van der Waals surface area contributed by atoms with Crippen LogP contribution in [0.2, 0.25) is 5.02 Å². The molecule has 0 radical (unpaired) electrons. The van der Waals surface area contributed by atoms with Gasteiger partial charge in [-0.1, -0.05) is 29.8 Å². The number of carbonyl (C=O) groups excluding carboxylic acids is 2. The zero-order chi connectivity index (χ0) is 34.5. The number of hydrogen-bond acceptors (Lipinski definition) is 9. The Kier molecular flexibility index (Phi) is 11.0. The summed E-state index contributed by atoms with van der Waals surface area (Å²) in [5.74, 6) is -2.43. The minimum absolute atomic E-state index is 0.0112. The molecule has 1 aliphatic heterocycles. The van der Waals surface area contributed by atoms with Crippen molar-refractivity contribution < 1.29 is 54.5 Å².